The van der Waals surface area contributed by atoms with E-state index in [0.29, 0.717) is 13.1 Å². The first-order chi connectivity index (χ1) is 11.2. The van der Waals surface area contributed by atoms with Crippen molar-refractivity contribution >= 4 is 5.69 Å². The lowest BCUT2D eigenvalue weighted by Crippen LogP contribution is -2.07. The molecule has 0 radical (unpaired) electrons. The van der Waals surface area contributed by atoms with Crippen molar-refractivity contribution in [2.75, 3.05) is 11.9 Å². The number of hydrogen-bond acceptors (Lipinski definition) is 5. The summed E-state index contributed by atoms with van der Waals surface area (Å²) >= 11 is 0. The van der Waals surface area contributed by atoms with Gasteiger partial charge in [0.05, 0.1) is 25.0 Å². The van der Waals surface area contributed by atoms with Gasteiger partial charge in [-0.15, -0.1) is 0 Å². The highest BCUT2D eigenvalue weighted by Crippen LogP contribution is 2.21. The molecule has 3 aromatic rings. The van der Waals surface area contributed by atoms with Gasteiger partial charge in [0, 0.05) is 29.1 Å². The number of aryl methyl sites for hydroxylation is 1. The number of rotatable bonds is 6. The minimum absolute atomic E-state index is 0.0952. The van der Waals surface area contributed by atoms with Crippen LogP contribution in [0.25, 0.3) is 11.3 Å². The summed E-state index contributed by atoms with van der Waals surface area (Å²) in [6.45, 7) is 5.34. The Bertz CT molecular complexity index is 761. The Hall–Kier alpha value is -2.60. The molecule has 6 heteroatoms. The first-order valence-electron chi connectivity index (χ1n) is 7.55. The maximum absolute atomic E-state index is 9.07. The lowest BCUT2D eigenvalue weighted by atomic mass is 10.1. The minimum Gasteiger partial charge on any atom is -0.444 e. The van der Waals surface area contributed by atoms with E-state index in [1.54, 1.807) is 6.20 Å². The van der Waals surface area contributed by atoms with Crippen LogP contribution in [0.2, 0.25) is 0 Å². The molecule has 0 spiro atoms. The van der Waals surface area contributed by atoms with E-state index in [9.17, 15) is 0 Å². The summed E-state index contributed by atoms with van der Waals surface area (Å²) in [7, 11) is 0. The van der Waals surface area contributed by atoms with Crippen LogP contribution in [0.4, 0.5) is 5.69 Å². The number of nitrogens with one attached hydrogen (secondary N) is 1. The van der Waals surface area contributed by atoms with Crippen LogP contribution in [0.3, 0.4) is 0 Å². The molecular weight excluding hydrogens is 292 g/mol. The molecule has 2 N–H and O–H groups in total. The Morgan fingerprint density at radius 2 is 2.00 bits per heavy atom. The molecule has 6 nitrogen and oxygen atoms in total. The van der Waals surface area contributed by atoms with E-state index in [2.05, 4.69) is 15.4 Å². The third-order valence-corrected chi connectivity index (χ3v) is 3.91. The highest BCUT2D eigenvalue weighted by atomic mass is 16.3. The molecule has 3 rings (SSSR count). The van der Waals surface area contributed by atoms with Gasteiger partial charge in [0.2, 0.25) is 0 Å². The topological polar surface area (TPSA) is 76.1 Å². The number of anilines is 1. The number of oxazole rings is 1. The van der Waals surface area contributed by atoms with Crippen molar-refractivity contribution in [1.29, 1.82) is 0 Å². The van der Waals surface area contributed by atoms with Crippen LogP contribution >= 0.6 is 0 Å². The normalized spacial score (nSPS) is 10.9. The van der Waals surface area contributed by atoms with Gasteiger partial charge in [-0.1, -0.05) is 0 Å². The van der Waals surface area contributed by atoms with Crippen molar-refractivity contribution in [2.24, 2.45) is 0 Å². The zero-order valence-corrected chi connectivity index (χ0v) is 13.3. The van der Waals surface area contributed by atoms with E-state index in [1.165, 1.54) is 6.39 Å². The molecule has 1 aromatic carbocycles. The van der Waals surface area contributed by atoms with Crippen LogP contribution in [-0.4, -0.2) is 26.5 Å². The monoisotopic (exact) mass is 312 g/mol. The van der Waals surface area contributed by atoms with Crippen LogP contribution in [0, 0.1) is 13.8 Å². The van der Waals surface area contributed by atoms with E-state index >= 15 is 0 Å². The number of aliphatic hydroxyl groups is 1. The maximum Gasteiger partial charge on any atom is 0.181 e. The zero-order chi connectivity index (χ0) is 16.2. The lowest BCUT2D eigenvalue weighted by molar-refractivity contribution is 0.268. The molecule has 0 atom stereocenters. The second-order valence-corrected chi connectivity index (χ2v) is 5.39. The lowest BCUT2D eigenvalue weighted by Gasteiger charge is -2.08. The molecule has 0 unspecified atom stereocenters. The van der Waals surface area contributed by atoms with Gasteiger partial charge < -0.3 is 14.8 Å². The number of aliphatic hydroxyl groups excluding tert-OH is 1. The summed E-state index contributed by atoms with van der Waals surface area (Å²) in [6, 6.07) is 8.02. The number of nitrogens with zero attached hydrogens (tertiary/aromatic N) is 3. The van der Waals surface area contributed by atoms with Gasteiger partial charge in [-0.2, -0.15) is 5.10 Å². The van der Waals surface area contributed by atoms with Gasteiger partial charge in [-0.3, -0.25) is 4.68 Å². The second kappa shape index (κ2) is 6.66. The van der Waals surface area contributed by atoms with Gasteiger partial charge in [-0.25, -0.2) is 4.98 Å². The van der Waals surface area contributed by atoms with Gasteiger partial charge in [-0.05, 0) is 38.1 Å². The highest BCUT2D eigenvalue weighted by Gasteiger charge is 2.11. The molecule has 0 aliphatic heterocycles. The molecular formula is C17H20N4O2. The Balaban J connectivity index is 1.69. The highest BCUT2D eigenvalue weighted by molar-refractivity contribution is 5.60. The number of benzene rings is 1. The third-order valence-electron chi connectivity index (χ3n) is 3.91. The summed E-state index contributed by atoms with van der Waals surface area (Å²) in [4.78, 5) is 3.92. The van der Waals surface area contributed by atoms with Crippen molar-refractivity contribution < 1.29 is 9.52 Å². The molecule has 0 amide bonds. The first kappa shape index (κ1) is 15.3. The van der Waals surface area contributed by atoms with Crippen LogP contribution in [-0.2, 0) is 13.1 Å². The number of aromatic nitrogens is 3. The van der Waals surface area contributed by atoms with Crippen molar-refractivity contribution in [3.8, 4) is 11.3 Å². The van der Waals surface area contributed by atoms with Gasteiger partial charge in [0.25, 0.3) is 0 Å². The summed E-state index contributed by atoms with van der Waals surface area (Å²) in [6.07, 6.45) is 3.13. The summed E-state index contributed by atoms with van der Waals surface area (Å²) in [5.74, 6) is 0.758. The molecule has 0 saturated heterocycles. The van der Waals surface area contributed by atoms with Crippen molar-refractivity contribution in [3.05, 3.63) is 53.8 Å². The van der Waals surface area contributed by atoms with Crippen molar-refractivity contribution in [1.82, 2.24) is 14.8 Å². The predicted octanol–water partition coefficient (Wildman–Crippen LogP) is 2.76. The Labute approximate surface area is 134 Å². The van der Waals surface area contributed by atoms with E-state index in [0.717, 1.165) is 34.0 Å². The van der Waals surface area contributed by atoms with Crippen molar-refractivity contribution in [3.63, 3.8) is 0 Å². The van der Waals surface area contributed by atoms with Crippen molar-refractivity contribution in [2.45, 2.75) is 26.9 Å². The van der Waals surface area contributed by atoms with Crippen LogP contribution in [0.15, 0.2) is 41.3 Å². The predicted molar refractivity (Wildman–Crippen MR) is 88.1 cm³/mol. The minimum atomic E-state index is 0.0952. The average molecular weight is 312 g/mol. The molecule has 23 heavy (non-hydrogen) atoms. The quantitative estimate of drug-likeness (QED) is 0.732. The molecule has 0 aliphatic rings. The summed E-state index contributed by atoms with van der Waals surface area (Å²) in [5, 5.41) is 16.9. The maximum atomic E-state index is 9.07. The van der Waals surface area contributed by atoms with Gasteiger partial charge >= 0.3 is 0 Å². The van der Waals surface area contributed by atoms with Crippen LogP contribution in [0.5, 0.6) is 0 Å². The van der Waals surface area contributed by atoms with Crippen LogP contribution < -0.4 is 5.32 Å². The molecule has 120 valence electrons. The molecule has 0 fully saturated rings. The first-order valence-corrected chi connectivity index (χ1v) is 7.55. The molecule has 0 aliphatic carbocycles. The smallest absolute Gasteiger partial charge is 0.181 e. The van der Waals surface area contributed by atoms with Gasteiger partial charge in [0.1, 0.15) is 0 Å². The summed E-state index contributed by atoms with van der Waals surface area (Å²) < 4.78 is 7.13. The Morgan fingerprint density at radius 3 is 2.65 bits per heavy atom. The Kier molecular flexibility index (Phi) is 4.43. The fraction of sp³-hybridized carbons (Fsp3) is 0.294. The van der Waals surface area contributed by atoms with E-state index < -0.39 is 0 Å². The van der Waals surface area contributed by atoms with E-state index in [4.69, 9.17) is 9.52 Å². The zero-order valence-electron chi connectivity index (χ0n) is 13.3. The fourth-order valence-corrected chi connectivity index (χ4v) is 2.60. The second-order valence-electron chi connectivity index (χ2n) is 5.39. The molecule has 0 saturated carbocycles. The third kappa shape index (κ3) is 3.27. The molecule has 2 heterocycles. The van der Waals surface area contributed by atoms with Gasteiger partial charge in [0.15, 0.2) is 12.2 Å². The van der Waals surface area contributed by atoms with E-state index in [-0.39, 0.29) is 6.61 Å². The van der Waals surface area contributed by atoms with E-state index in [1.807, 2.05) is 42.8 Å². The largest absolute Gasteiger partial charge is 0.444 e. The average Bonchev–Trinajstić information content (AvgIpc) is 3.17. The molecule has 0 bridgehead atoms. The standard InChI is InChI=1S/C17H20N4O2/c1-12-16(13(2)21(20-12)7-8-22)9-19-15-5-3-14(4-6-15)17-10-18-11-23-17/h3-6,10-11,19,22H,7-9H2,1-2H3. The number of hydrogen-bond donors (Lipinski definition) is 2. The Morgan fingerprint density at radius 1 is 1.22 bits per heavy atom. The SMILES string of the molecule is Cc1nn(CCO)c(C)c1CNc1ccc(-c2cnco2)cc1. The molecule has 2 aromatic heterocycles. The fourth-order valence-electron chi connectivity index (χ4n) is 2.60. The van der Waals surface area contributed by atoms with Crippen LogP contribution in [0.1, 0.15) is 17.0 Å². The summed E-state index contributed by atoms with van der Waals surface area (Å²) in [5.41, 5.74) is 5.26.